The second-order valence-electron chi connectivity index (χ2n) is 6.52. The lowest BCUT2D eigenvalue weighted by atomic mass is 10.1. The van der Waals surface area contributed by atoms with Crippen molar-refractivity contribution < 1.29 is 18.7 Å². The van der Waals surface area contributed by atoms with Crippen LogP contribution in [0.1, 0.15) is 23.7 Å². The van der Waals surface area contributed by atoms with Crippen LogP contribution < -0.4 is 10.2 Å². The number of rotatable bonds is 4. The Bertz CT molecular complexity index is 638. The van der Waals surface area contributed by atoms with Crippen LogP contribution in [0.25, 0.3) is 0 Å². The molecule has 3 rings (SSSR count). The molecule has 0 aliphatic carbocycles. The quantitative estimate of drug-likeness (QED) is 0.824. The number of nitrogens with one attached hydrogen (secondary N) is 1. The van der Waals surface area contributed by atoms with Gasteiger partial charge in [0.15, 0.2) is 5.78 Å². The predicted octanol–water partition coefficient (Wildman–Crippen LogP) is 1.06. The van der Waals surface area contributed by atoms with E-state index in [4.69, 9.17) is 4.74 Å². The number of carbonyl (C=O) groups excluding carboxylic acids is 2. The van der Waals surface area contributed by atoms with E-state index in [2.05, 4.69) is 5.32 Å². The Kier molecular flexibility index (Phi) is 5.65. The first-order valence-electron chi connectivity index (χ1n) is 8.69. The van der Waals surface area contributed by atoms with E-state index in [1.54, 1.807) is 12.1 Å². The predicted molar refractivity (Wildman–Crippen MR) is 92.4 cm³/mol. The van der Waals surface area contributed by atoms with Crippen LogP contribution >= 0.6 is 0 Å². The first-order chi connectivity index (χ1) is 12.0. The topological polar surface area (TPSA) is 61.9 Å². The standard InChI is InChI=1S/C18H24FN3O3/c1-13(23)14-2-3-17(16(19)10-14)21-5-7-22(8-6-21)18(24)11-15-12-25-9-4-20-15/h2-3,10,15,20H,4-9,11-12H2,1H3. The number of amides is 1. The van der Waals surface area contributed by atoms with Crippen LogP contribution in [0.3, 0.4) is 0 Å². The number of nitrogens with zero attached hydrogens (tertiary/aromatic N) is 2. The van der Waals surface area contributed by atoms with Crippen LogP contribution in [-0.2, 0) is 9.53 Å². The maximum absolute atomic E-state index is 14.3. The highest BCUT2D eigenvalue weighted by atomic mass is 19.1. The molecule has 0 aromatic heterocycles. The van der Waals surface area contributed by atoms with Gasteiger partial charge in [-0.15, -0.1) is 0 Å². The Hall–Kier alpha value is -1.99. The highest BCUT2D eigenvalue weighted by molar-refractivity contribution is 5.94. The Morgan fingerprint density at radius 2 is 2.04 bits per heavy atom. The van der Waals surface area contributed by atoms with Crippen LogP contribution in [0.2, 0.25) is 0 Å². The molecule has 2 fully saturated rings. The Morgan fingerprint density at radius 3 is 2.64 bits per heavy atom. The SMILES string of the molecule is CC(=O)c1ccc(N2CCN(C(=O)CC3COCCN3)CC2)c(F)c1. The molecule has 6 nitrogen and oxygen atoms in total. The van der Waals surface area contributed by atoms with Gasteiger partial charge in [-0.25, -0.2) is 4.39 Å². The first kappa shape index (κ1) is 17.8. The number of Topliss-reactive ketones (excluding diaryl/α,β-unsaturated/α-hetero) is 1. The summed E-state index contributed by atoms with van der Waals surface area (Å²) >= 11 is 0. The fourth-order valence-corrected chi connectivity index (χ4v) is 3.27. The maximum atomic E-state index is 14.3. The summed E-state index contributed by atoms with van der Waals surface area (Å²) in [6.07, 6.45) is 0.432. The van der Waals surface area contributed by atoms with E-state index in [1.165, 1.54) is 13.0 Å². The molecular formula is C18H24FN3O3. The number of ketones is 1. The van der Waals surface area contributed by atoms with Gasteiger partial charge in [-0.1, -0.05) is 0 Å². The molecule has 1 amide bonds. The molecule has 0 saturated carbocycles. The molecule has 1 N–H and O–H groups in total. The summed E-state index contributed by atoms with van der Waals surface area (Å²) in [6.45, 7) is 5.76. The third kappa shape index (κ3) is 4.35. The Morgan fingerprint density at radius 1 is 1.28 bits per heavy atom. The second-order valence-corrected chi connectivity index (χ2v) is 6.52. The van der Waals surface area contributed by atoms with E-state index in [9.17, 15) is 14.0 Å². The lowest BCUT2D eigenvalue weighted by Gasteiger charge is -2.37. The van der Waals surface area contributed by atoms with Crippen molar-refractivity contribution in [2.45, 2.75) is 19.4 Å². The van der Waals surface area contributed by atoms with Crippen LogP contribution in [0, 0.1) is 5.82 Å². The molecule has 136 valence electrons. The highest BCUT2D eigenvalue weighted by Gasteiger charge is 2.25. The van der Waals surface area contributed by atoms with Crippen LogP contribution in [0.5, 0.6) is 0 Å². The van der Waals surface area contributed by atoms with E-state index in [1.807, 2.05) is 9.80 Å². The minimum atomic E-state index is -0.393. The number of morpholine rings is 1. The molecule has 0 bridgehead atoms. The van der Waals surface area contributed by atoms with Gasteiger partial charge in [-0.05, 0) is 25.1 Å². The zero-order valence-corrected chi connectivity index (χ0v) is 14.5. The third-order valence-electron chi connectivity index (χ3n) is 4.75. The molecule has 7 heteroatoms. The van der Waals surface area contributed by atoms with Crippen molar-refractivity contribution in [3.63, 3.8) is 0 Å². The van der Waals surface area contributed by atoms with Gasteiger partial charge in [0.2, 0.25) is 5.91 Å². The summed E-state index contributed by atoms with van der Waals surface area (Å²) in [5, 5.41) is 3.29. The molecular weight excluding hydrogens is 325 g/mol. The van der Waals surface area contributed by atoms with Crippen molar-refractivity contribution in [2.75, 3.05) is 50.8 Å². The van der Waals surface area contributed by atoms with Gasteiger partial charge in [-0.3, -0.25) is 9.59 Å². The van der Waals surface area contributed by atoms with Gasteiger partial charge in [0, 0.05) is 50.7 Å². The molecule has 2 aliphatic heterocycles. The number of benzene rings is 1. The first-order valence-corrected chi connectivity index (χ1v) is 8.69. The fourth-order valence-electron chi connectivity index (χ4n) is 3.27. The van der Waals surface area contributed by atoms with Crippen molar-refractivity contribution in [3.8, 4) is 0 Å². The number of ether oxygens (including phenoxy) is 1. The minimum Gasteiger partial charge on any atom is -0.378 e. The van der Waals surface area contributed by atoms with E-state index in [0.29, 0.717) is 57.1 Å². The van der Waals surface area contributed by atoms with Gasteiger partial charge in [0.25, 0.3) is 0 Å². The summed E-state index contributed by atoms with van der Waals surface area (Å²) in [4.78, 5) is 27.5. The van der Waals surface area contributed by atoms with Crippen molar-refractivity contribution in [1.29, 1.82) is 0 Å². The fraction of sp³-hybridized carbons (Fsp3) is 0.556. The molecule has 0 radical (unpaired) electrons. The molecule has 1 aromatic rings. The summed E-state index contributed by atoms with van der Waals surface area (Å²) < 4.78 is 19.6. The lowest BCUT2D eigenvalue weighted by molar-refractivity contribution is -0.132. The number of halogens is 1. The van der Waals surface area contributed by atoms with E-state index in [-0.39, 0.29) is 17.7 Å². The van der Waals surface area contributed by atoms with E-state index >= 15 is 0 Å². The Labute approximate surface area is 146 Å². The van der Waals surface area contributed by atoms with Crippen molar-refractivity contribution in [1.82, 2.24) is 10.2 Å². The minimum absolute atomic E-state index is 0.0795. The molecule has 2 heterocycles. The van der Waals surface area contributed by atoms with Gasteiger partial charge in [-0.2, -0.15) is 0 Å². The molecule has 2 aliphatic rings. The Balaban J connectivity index is 1.54. The molecule has 2 saturated heterocycles. The normalized spacial score (nSPS) is 21.3. The molecule has 0 spiro atoms. The van der Waals surface area contributed by atoms with Crippen molar-refractivity contribution >= 4 is 17.4 Å². The number of carbonyl (C=O) groups is 2. The van der Waals surface area contributed by atoms with Gasteiger partial charge in [0.1, 0.15) is 5.82 Å². The second kappa shape index (κ2) is 7.93. The number of hydrogen-bond acceptors (Lipinski definition) is 5. The lowest BCUT2D eigenvalue weighted by Crippen LogP contribution is -2.51. The van der Waals surface area contributed by atoms with Crippen LogP contribution in [0.4, 0.5) is 10.1 Å². The number of hydrogen-bond donors (Lipinski definition) is 1. The smallest absolute Gasteiger partial charge is 0.224 e. The van der Waals surface area contributed by atoms with Gasteiger partial charge in [0.05, 0.1) is 18.9 Å². The van der Waals surface area contributed by atoms with Crippen LogP contribution in [0.15, 0.2) is 18.2 Å². The summed E-state index contributed by atoms with van der Waals surface area (Å²) in [6, 6.07) is 4.65. The van der Waals surface area contributed by atoms with Crippen molar-refractivity contribution in [3.05, 3.63) is 29.6 Å². The van der Waals surface area contributed by atoms with E-state index in [0.717, 1.165) is 6.54 Å². The summed E-state index contributed by atoms with van der Waals surface area (Å²) in [5.41, 5.74) is 0.858. The van der Waals surface area contributed by atoms with Gasteiger partial charge >= 0.3 is 0 Å². The van der Waals surface area contributed by atoms with Gasteiger partial charge < -0.3 is 19.9 Å². The number of piperazine rings is 1. The van der Waals surface area contributed by atoms with E-state index < -0.39 is 5.82 Å². The highest BCUT2D eigenvalue weighted by Crippen LogP contribution is 2.22. The molecule has 1 aromatic carbocycles. The van der Waals surface area contributed by atoms with Crippen LogP contribution in [-0.4, -0.2) is 68.6 Å². The van der Waals surface area contributed by atoms with Crippen molar-refractivity contribution in [2.24, 2.45) is 0 Å². The largest absolute Gasteiger partial charge is 0.378 e. The zero-order chi connectivity index (χ0) is 17.8. The average Bonchev–Trinajstić information content (AvgIpc) is 2.62. The monoisotopic (exact) mass is 349 g/mol. The maximum Gasteiger partial charge on any atom is 0.224 e. The molecule has 1 atom stereocenters. The summed E-state index contributed by atoms with van der Waals surface area (Å²) in [7, 11) is 0. The zero-order valence-electron chi connectivity index (χ0n) is 14.5. The average molecular weight is 349 g/mol. The third-order valence-corrected chi connectivity index (χ3v) is 4.75. The summed E-state index contributed by atoms with van der Waals surface area (Å²) in [5.74, 6) is -0.438. The number of anilines is 1. The molecule has 25 heavy (non-hydrogen) atoms. The molecule has 1 unspecified atom stereocenters.